The fourth-order valence-corrected chi connectivity index (χ4v) is 3.47. The minimum absolute atomic E-state index is 0.232. The minimum Gasteiger partial charge on any atom is -0.348 e. The maximum atomic E-state index is 13.4. The molecule has 1 aliphatic rings. The molecule has 0 saturated heterocycles. The Bertz CT molecular complexity index is 644. The minimum atomic E-state index is -0.795. The van der Waals surface area contributed by atoms with Gasteiger partial charge in [-0.2, -0.15) is 11.8 Å². The first-order valence-corrected chi connectivity index (χ1v) is 8.77. The number of aromatic nitrogens is 2. The maximum absolute atomic E-state index is 13.4. The summed E-state index contributed by atoms with van der Waals surface area (Å²) in [5, 5.41) is 0. The molecule has 0 spiro atoms. The fraction of sp³-hybridized carbons (Fsp3) is 0.438. The number of fused-ring (bicyclic) bond motifs is 1. The molecule has 1 aromatic heterocycles. The molecule has 118 valence electrons. The summed E-state index contributed by atoms with van der Waals surface area (Å²) >= 11 is 1.81. The predicted molar refractivity (Wildman–Crippen MR) is 84.8 cm³/mol. The van der Waals surface area contributed by atoms with Crippen LogP contribution in [0.4, 0.5) is 8.78 Å². The van der Waals surface area contributed by atoms with Crippen LogP contribution in [0.25, 0.3) is 0 Å². The number of H-pyrrole nitrogens is 1. The normalized spacial score (nSPS) is 18.4. The quantitative estimate of drug-likeness (QED) is 0.913. The number of benzene rings is 1. The Kier molecular flexibility index (Phi) is 4.78. The standard InChI is InChI=1S/C16H19F2N3S/c1-22-7-5-15-16-14(19-10-20-16)4-6-21(15)9-11-2-3-12(17)13(18)8-11/h2-3,8,10,15H,4-7,9H2,1H3,(H,19,20). The molecule has 6 heteroatoms. The molecule has 3 nitrogen and oxygen atoms in total. The summed E-state index contributed by atoms with van der Waals surface area (Å²) in [6.45, 7) is 1.51. The Labute approximate surface area is 133 Å². The molecule has 2 heterocycles. The van der Waals surface area contributed by atoms with Gasteiger partial charge in [0.05, 0.1) is 18.1 Å². The summed E-state index contributed by atoms with van der Waals surface area (Å²) in [5.74, 6) is -0.530. The van der Waals surface area contributed by atoms with Gasteiger partial charge < -0.3 is 4.98 Å². The van der Waals surface area contributed by atoms with Crippen molar-refractivity contribution < 1.29 is 8.78 Å². The van der Waals surface area contributed by atoms with Crippen LogP contribution in [0.1, 0.15) is 29.4 Å². The van der Waals surface area contributed by atoms with Gasteiger partial charge in [-0.05, 0) is 36.1 Å². The molecular weight excluding hydrogens is 304 g/mol. The van der Waals surface area contributed by atoms with Crippen molar-refractivity contribution in [2.24, 2.45) is 0 Å². The Hall–Kier alpha value is -1.40. The Morgan fingerprint density at radius 3 is 3.00 bits per heavy atom. The first kappa shape index (κ1) is 15.5. The molecule has 0 amide bonds. The van der Waals surface area contributed by atoms with Crippen LogP contribution in [0.3, 0.4) is 0 Å². The van der Waals surface area contributed by atoms with E-state index in [0.29, 0.717) is 6.54 Å². The van der Waals surface area contributed by atoms with Crippen molar-refractivity contribution in [3.05, 3.63) is 53.1 Å². The summed E-state index contributed by atoms with van der Waals surface area (Å²) in [6, 6.07) is 4.38. The van der Waals surface area contributed by atoms with Gasteiger partial charge in [0, 0.05) is 25.2 Å². The highest BCUT2D eigenvalue weighted by atomic mass is 32.2. The van der Waals surface area contributed by atoms with Crippen molar-refractivity contribution in [1.82, 2.24) is 14.9 Å². The molecule has 22 heavy (non-hydrogen) atoms. The van der Waals surface area contributed by atoms with Crippen LogP contribution in [-0.4, -0.2) is 33.4 Å². The summed E-state index contributed by atoms with van der Waals surface area (Å²) in [4.78, 5) is 10.00. The average molecular weight is 323 g/mol. The summed E-state index contributed by atoms with van der Waals surface area (Å²) in [7, 11) is 0. The number of imidazole rings is 1. The monoisotopic (exact) mass is 323 g/mol. The van der Waals surface area contributed by atoms with Gasteiger partial charge in [0.15, 0.2) is 11.6 Å². The number of rotatable bonds is 5. The van der Waals surface area contributed by atoms with Gasteiger partial charge >= 0.3 is 0 Å². The van der Waals surface area contributed by atoms with Crippen molar-refractivity contribution in [3.63, 3.8) is 0 Å². The van der Waals surface area contributed by atoms with Crippen LogP contribution in [0.2, 0.25) is 0 Å². The largest absolute Gasteiger partial charge is 0.348 e. The van der Waals surface area contributed by atoms with Gasteiger partial charge in [0.1, 0.15) is 0 Å². The highest BCUT2D eigenvalue weighted by molar-refractivity contribution is 7.98. The van der Waals surface area contributed by atoms with E-state index in [0.717, 1.165) is 36.4 Å². The molecule has 0 fully saturated rings. The second kappa shape index (κ2) is 6.79. The Morgan fingerprint density at radius 2 is 2.23 bits per heavy atom. The summed E-state index contributed by atoms with van der Waals surface area (Å²) in [6.07, 6.45) is 5.75. The number of hydrogen-bond donors (Lipinski definition) is 1. The van der Waals surface area contributed by atoms with E-state index in [2.05, 4.69) is 21.1 Å². The lowest BCUT2D eigenvalue weighted by atomic mass is 9.99. The van der Waals surface area contributed by atoms with E-state index in [1.165, 1.54) is 17.8 Å². The zero-order chi connectivity index (χ0) is 15.5. The SMILES string of the molecule is CSCCC1c2nc[nH]c2CCN1Cc1ccc(F)c(F)c1. The Morgan fingerprint density at radius 1 is 1.36 bits per heavy atom. The molecule has 0 radical (unpaired) electrons. The maximum Gasteiger partial charge on any atom is 0.159 e. The summed E-state index contributed by atoms with van der Waals surface area (Å²) < 4.78 is 26.5. The lowest BCUT2D eigenvalue weighted by molar-refractivity contribution is 0.168. The van der Waals surface area contributed by atoms with Crippen LogP contribution in [-0.2, 0) is 13.0 Å². The highest BCUT2D eigenvalue weighted by Crippen LogP contribution is 2.32. The van der Waals surface area contributed by atoms with E-state index in [9.17, 15) is 8.78 Å². The third-order valence-corrected chi connectivity index (χ3v) is 4.77. The van der Waals surface area contributed by atoms with Crippen molar-refractivity contribution in [2.75, 3.05) is 18.6 Å². The number of nitrogens with zero attached hydrogens (tertiary/aromatic N) is 2. The van der Waals surface area contributed by atoms with E-state index in [1.54, 1.807) is 12.4 Å². The molecule has 3 rings (SSSR count). The van der Waals surface area contributed by atoms with E-state index in [1.807, 2.05) is 11.8 Å². The first-order valence-electron chi connectivity index (χ1n) is 7.38. The van der Waals surface area contributed by atoms with E-state index < -0.39 is 11.6 Å². The molecular formula is C16H19F2N3S. The van der Waals surface area contributed by atoms with Crippen molar-refractivity contribution in [3.8, 4) is 0 Å². The number of hydrogen-bond acceptors (Lipinski definition) is 3. The van der Waals surface area contributed by atoms with E-state index in [4.69, 9.17) is 0 Å². The number of thioether (sulfide) groups is 1. The molecule has 1 unspecified atom stereocenters. The lowest BCUT2D eigenvalue weighted by Crippen LogP contribution is -2.35. The molecule has 1 N–H and O–H groups in total. The second-order valence-electron chi connectivity index (χ2n) is 5.53. The zero-order valence-electron chi connectivity index (χ0n) is 12.5. The number of halogens is 2. The van der Waals surface area contributed by atoms with Gasteiger partial charge in [0.25, 0.3) is 0 Å². The topological polar surface area (TPSA) is 31.9 Å². The molecule has 1 atom stereocenters. The van der Waals surface area contributed by atoms with Gasteiger partial charge in [-0.1, -0.05) is 6.07 Å². The van der Waals surface area contributed by atoms with Gasteiger partial charge in [-0.25, -0.2) is 13.8 Å². The van der Waals surface area contributed by atoms with Gasteiger partial charge in [0.2, 0.25) is 0 Å². The first-order chi connectivity index (χ1) is 10.7. The van der Waals surface area contributed by atoms with Crippen molar-refractivity contribution in [1.29, 1.82) is 0 Å². The second-order valence-corrected chi connectivity index (χ2v) is 6.52. The van der Waals surface area contributed by atoms with Crippen molar-refractivity contribution in [2.45, 2.75) is 25.4 Å². The predicted octanol–water partition coefficient (Wildman–Crippen LogP) is 3.54. The zero-order valence-corrected chi connectivity index (χ0v) is 13.3. The van der Waals surface area contributed by atoms with Crippen LogP contribution in [0.15, 0.2) is 24.5 Å². The van der Waals surface area contributed by atoms with E-state index in [-0.39, 0.29) is 6.04 Å². The summed E-state index contributed by atoms with van der Waals surface area (Å²) in [5.41, 5.74) is 3.10. The molecule has 0 saturated carbocycles. The smallest absolute Gasteiger partial charge is 0.159 e. The lowest BCUT2D eigenvalue weighted by Gasteiger charge is -2.35. The Balaban J connectivity index is 1.80. The van der Waals surface area contributed by atoms with E-state index >= 15 is 0 Å². The number of aromatic amines is 1. The van der Waals surface area contributed by atoms with Crippen LogP contribution in [0.5, 0.6) is 0 Å². The third-order valence-electron chi connectivity index (χ3n) is 4.12. The van der Waals surface area contributed by atoms with Gasteiger partial charge in [-0.3, -0.25) is 4.90 Å². The molecule has 2 aromatic rings. The average Bonchev–Trinajstić information content (AvgIpc) is 2.98. The van der Waals surface area contributed by atoms with Crippen LogP contribution in [0, 0.1) is 11.6 Å². The molecule has 1 aliphatic heterocycles. The third kappa shape index (κ3) is 3.17. The molecule has 0 bridgehead atoms. The number of nitrogens with one attached hydrogen (secondary N) is 1. The van der Waals surface area contributed by atoms with Crippen LogP contribution < -0.4 is 0 Å². The molecule has 0 aliphatic carbocycles. The van der Waals surface area contributed by atoms with Gasteiger partial charge in [-0.15, -0.1) is 0 Å². The fourth-order valence-electron chi connectivity index (χ4n) is 3.01. The highest BCUT2D eigenvalue weighted by Gasteiger charge is 2.29. The van der Waals surface area contributed by atoms with Crippen LogP contribution >= 0.6 is 11.8 Å². The molecule has 1 aromatic carbocycles. The van der Waals surface area contributed by atoms with Crippen molar-refractivity contribution >= 4 is 11.8 Å².